The van der Waals surface area contributed by atoms with Crippen LogP contribution in [0.1, 0.15) is 57.4 Å². The van der Waals surface area contributed by atoms with Crippen LogP contribution in [0.15, 0.2) is 29.8 Å². The molecule has 2 aliphatic rings. The first-order chi connectivity index (χ1) is 11.5. The minimum absolute atomic E-state index is 0.122. The fourth-order valence-corrected chi connectivity index (χ4v) is 4.56. The third-order valence-electron chi connectivity index (χ3n) is 5.77. The van der Waals surface area contributed by atoms with Gasteiger partial charge in [-0.05, 0) is 48.8 Å². The van der Waals surface area contributed by atoms with Crippen molar-refractivity contribution in [1.29, 1.82) is 0 Å². The van der Waals surface area contributed by atoms with Crippen molar-refractivity contribution in [2.24, 2.45) is 11.3 Å². The number of carbonyl (C=O) groups excluding carboxylic acids is 1. The SMILES string of the molecule is COc1ccc(OC)c([C@@H]2C(=O)CCC=C3[C@H]2CCCC3(C)C)c1. The van der Waals surface area contributed by atoms with Crippen molar-refractivity contribution in [3.8, 4) is 11.5 Å². The number of rotatable bonds is 3. The molecule has 0 bridgehead atoms. The van der Waals surface area contributed by atoms with Crippen molar-refractivity contribution in [3.63, 3.8) is 0 Å². The van der Waals surface area contributed by atoms with Crippen LogP contribution in [0.4, 0.5) is 0 Å². The van der Waals surface area contributed by atoms with Gasteiger partial charge in [0.05, 0.1) is 20.1 Å². The number of benzene rings is 1. The van der Waals surface area contributed by atoms with Gasteiger partial charge in [-0.3, -0.25) is 4.79 Å². The van der Waals surface area contributed by atoms with Gasteiger partial charge in [0.1, 0.15) is 17.3 Å². The average molecular weight is 328 g/mol. The minimum atomic E-state index is -0.122. The Hall–Kier alpha value is -1.77. The Labute approximate surface area is 145 Å². The van der Waals surface area contributed by atoms with Crippen LogP contribution >= 0.6 is 0 Å². The zero-order valence-electron chi connectivity index (χ0n) is 15.2. The highest BCUT2D eigenvalue weighted by atomic mass is 16.5. The van der Waals surface area contributed by atoms with Gasteiger partial charge < -0.3 is 9.47 Å². The Morgan fingerprint density at radius 1 is 1.17 bits per heavy atom. The number of Topliss-reactive ketones (excluding diaryl/α,β-unsaturated/α-hetero) is 1. The van der Waals surface area contributed by atoms with Crippen molar-refractivity contribution in [2.45, 2.75) is 51.9 Å². The Balaban J connectivity index is 2.11. The van der Waals surface area contributed by atoms with E-state index in [0.29, 0.717) is 12.2 Å². The highest BCUT2D eigenvalue weighted by molar-refractivity contribution is 5.88. The maximum Gasteiger partial charge on any atom is 0.141 e. The summed E-state index contributed by atoms with van der Waals surface area (Å²) in [6.07, 6.45) is 7.26. The van der Waals surface area contributed by atoms with E-state index in [0.717, 1.165) is 29.9 Å². The van der Waals surface area contributed by atoms with Crippen molar-refractivity contribution in [2.75, 3.05) is 14.2 Å². The highest BCUT2D eigenvalue weighted by Gasteiger charge is 2.42. The van der Waals surface area contributed by atoms with E-state index >= 15 is 0 Å². The Morgan fingerprint density at radius 2 is 1.96 bits per heavy atom. The summed E-state index contributed by atoms with van der Waals surface area (Å²) in [4.78, 5) is 13.0. The number of ether oxygens (including phenoxy) is 2. The van der Waals surface area contributed by atoms with Gasteiger partial charge in [-0.15, -0.1) is 0 Å². The third kappa shape index (κ3) is 2.97. The van der Waals surface area contributed by atoms with Gasteiger partial charge in [-0.1, -0.05) is 31.9 Å². The number of hydrogen-bond acceptors (Lipinski definition) is 3. The zero-order chi connectivity index (χ0) is 17.3. The summed E-state index contributed by atoms with van der Waals surface area (Å²) in [5.41, 5.74) is 2.63. The molecule has 1 saturated carbocycles. The van der Waals surface area contributed by atoms with Crippen molar-refractivity contribution < 1.29 is 14.3 Å². The molecule has 2 atom stereocenters. The molecular weight excluding hydrogens is 300 g/mol. The second kappa shape index (κ2) is 6.62. The molecule has 0 unspecified atom stereocenters. The molecule has 3 rings (SSSR count). The predicted molar refractivity (Wildman–Crippen MR) is 95.7 cm³/mol. The van der Waals surface area contributed by atoms with Crippen molar-refractivity contribution >= 4 is 5.78 Å². The van der Waals surface area contributed by atoms with E-state index in [1.165, 1.54) is 18.4 Å². The molecule has 3 heteroatoms. The van der Waals surface area contributed by atoms with E-state index in [-0.39, 0.29) is 17.3 Å². The van der Waals surface area contributed by atoms with Gasteiger partial charge in [0.2, 0.25) is 0 Å². The molecule has 0 N–H and O–H groups in total. The normalized spacial score (nSPS) is 26.2. The lowest BCUT2D eigenvalue weighted by Crippen LogP contribution is -2.32. The quantitative estimate of drug-likeness (QED) is 0.740. The van der Waals surface area contributed by atoms with Crippen LogP contribution in [0, 0.1) is 11.3 Å². The second-order valence-electron chi connectivity index (χ2n) is 7.63. The van der Waals surface area contributed by atoms with Crippen LogP contribution in [0.2, 0.25) is 0 Å². The molecular formula is C21H28O3. The van der Waals surface area contributed by atoms with E-state index in [1.54, 1.807) is 14.2 Å². The predicted octanol–water partition coefficient (Wildman–Crippen LogP) is 4.90. The molecule has 1 fully saturated rings. The van der Waals surface area contributed by atoms with Gasteiger partial charge in [-0.25, -0.2) is 0 Å². The maximum atomic E-state index is 13.0. The average Bonchev–Trinajstić information content (AvgIpc) is 2.73. The van der Waals surface area contributed by atoms with E-state index in [2.05, 4.69) is 19.9 Å². The van der Waals surface area contributed by atoms with Crippen LogP contribution in [-0.4, -0.2) is 20.0 Å². The van der Waals surface area contributed by atoms with E-state index in [9.17, 15) is 4.79 Å². The highest BCUT2D eigenvalue weighted by Crippen LogP contribution is 2.52. The van der Waals surface area contributed by atoms with Gasteiger partial charge in [-0.2, -0.15) is 0 Å². The number of carbonyl (C=O) groups is 1. The van der Waals surface area contributed by atoms with E-state index < -0.39 is 0 Å². The first kappa shape index (κ1) is 17.1. The van der Waals surface area contributed by atoms with Crippen LogP contribution in [0.25, 0.3) is 0 Å². The summed E-state index contributed by atoms with van der Waals surface area (Å²) in [6, 6.07) is 5.81. The first-order valence-electron chi connectivity index (χ1n) is 8.93. The van der Waals surface area contributed by atoms with Crippen LogP contribution < -0.4 is 9.47 Å². The summed E-state index contributed by atoms with van der Waals surface area (Å²) >= 11 is 0. The Morgan fingerprint density at radius 3 is 2.67 bits per heavy atom. The van der Waals surface area contributed by atoms with Crippen LogP contribution in [-0.2, 0) is 4.79 Å². The molecule has 0 heterocycles. The van der Waals surface area contributed by atoms with Crippen LogP contribution in [0.3, 0.4) is 0 Å². The fraction of sp³-hybridized carbons (Fsp3) is 0.571. The molecule has 1 aromatic rings. The molecule has 0 saturated heterocycles. The number of ketones is 1. The molecule has 0 aromatic heterocycles. The second-order valence-corrected chi connectivity index (χ2v) is 7.63. The number of methoxy groups -OCH3 is 2. The van der Waals surface area contributed by atoms with Crippen molar-refractivity contribution in [3.05, 3.63) is 35.4 Å². The van der Waals surface area contributed by atoms with Gasteiger partial charge >= 0.3 is 0 Å². The molecule has 0 amide bonds. The Kier molecular flexibility index (Phi) is 4.71. The van der Waals surface area contributed by atoms with E-state index in [1.807, 2.05) is 18.2 Å². The standard InChI is InChI=1S/C21H28O3/c1-21(2)12-6-7-15-17(21)8-5-9-18(22)20(15)16-13-14(23-3)10-11-19(16)24-4/h8,10-11,13,15,20H,5-7,9,12H2,1-4H3/t15-,20-/m1/s1. The molecule has 0 aliphatic heterocycles. The number of allylic oxidation sites excluding steroid dienone is 2. The summed E-state index contributed by atoms with van der Waals surface area (Å²) in [7, 11) is 3.34. The monoisotopic (exact) mass is 328 g/mol. The molecule has 0 spiro atoms. The van der Waals surface area contributed by atoms with Gasteiger partial charge in [0.15, 0.2) is 0 Å². The molecule has 130 valence electrons. The maximum absolute atomic E-state index is 13.0. The first-order valence-corrected chi connectivity index (χ1v) is 8.93. The summed E-state index contributed by atoms with van der Waals surface area (Å²) in [6.45, 7) is 4.64. The van der Waals surface area contributed by atoms with Gasteiger partial charge in [0.25, 0.3) is 0 Å². The fourth-order valence-electron chi connectivity index (χ4n) is 4.56. The van der Waals surface area contributed by atoms with Gasteiger partial charge in [0, 0.05) is 12.0 Å². The van der Waals surface area contributed by atoms with Crippen molar-refractivity contribution in [1.82, 2.24) is 0 Å². The number of fused-ring (bicyclic) bond motifs is 1. The smallest absolute Gasteiger partial charge is 0.141 e. The largest absolute Gasteiger partial charge is 0.497 e. The third-order valence-corrected chi connectivity index (χ3v) is 5.77. The lowest BCUT2D eigenvalue weighted by atomic mass is 9.63. The molecule has 1 aromatic carbocycles. The lowest BCUT2D eigenvalue weighted by Gasteiger charge is -2.41. The molecule has 0 radical (unpaired) electrons. The molecule has 24 heavy (non-hydrogen) atoms. The Bertz CT molecular complexity index is 657. The lowest BCUT2D eigenvalue weighted by molar-refractivity contribution is -0.121. The molecule has 3 nitrogen and oxygen atoms in total. The minimum Gasteiger partial charge on any atom is -0.497 e. The van der Waals surface area contributed by atoms with E-state index in [4.69, 9.17) is 9.47 Å². The summed E-state index contributed by atoms with van der Waals surface area (Å²) < 4.78 is 11.0. The summed E-state index contributed by atoms with van der Waals surface area (Å²) in [5.74, 6) is 2.06. The summed E-state index contributed by atoms with van der Waals surface area (Å²) in [5, 5.41) is 0. The molecule has 2 aliphatic carbocycles. The number of hydrogen-bond donors (Lipinski definition) is 0. The zero-order valence-corrected chi connectivity index (χ0v) is 15.2. The topological polar surface area (TPSA) is 35.5 Å². The van der Waals surface area contributed by atoms with Crippen LogP contribution in [0.5, 0.6) is 11.5 Å².